The Morgan fingerprint density at radius 2 is 2.38 bits per heavy atom. The van der Waals surface area contributed by atoms with Crippen LogP contribution >= 0.6 is 22.6 Å². The Labute approximate surface area is 63.4 Å². The van der Waals surface area contributed by atoms with Crippen LogP contribution < -0.4 is 5.32 Å². The molecule has 2 unspecified atom stereocenters. The molecule has 1 saturated heterocycles. The molecule has 46 valence electrons. The topological polar surface area (TPSA) is 21.9 Å². The van der Waals surface area contributed by atoms with Gasteiger partial charge in [0.15, 0.2) is 0 Å². The van der Waals surface area contributed by atoms with Gasteiger partial charge in [-0.2, -0.15) is 0 Å². The normalized spacial score (nSPS) is 52.9. The summed E-state index contributed by atoms with van der Waals surface area (Å²) in [7, 11) is 0. The third-order valence-electron chi connectivity index (χ3n) is 2.17. The van der Waals surface area contributed by atoms with Crippen LogP contribution in [0.25, 0.3) is 0 Å². The van der Waals surface area contributed by atoms with Gasteiger partial charge >= 0.3 is 0 Å². The molecule has 2 atom stereocenters. The van der Waals surface area contributed by atoms with Crippen LogP contribution in [0.3, 0.4) is 0 Å². The summed E-state index contributed by atoms with van der Waals surface area (Å²) in [5, 5.41) is 3.49. The van der Waals surface area contributed by atoms with Crippen molar-refractivity contribution in [3.05, 3.63) is 0 Å². The van der Waals surface area contributed by atoms with Gasteiger partial charge in [0.05, 0.1) is 3.55 Å². The summed E-state index contributed by atoms with van der Waals surface area (Å²) < 4.78 is 0.565. The van der Waals surface area contributed by atoms with Crippen LogP contribution in [-0.2, 0) is 0 Å². The molecule has 1 aliphatic heterocycles. The molecule has 2 rings (SSSR count). The minimum atomic E-state index is 0.565. The fraction of sp³-hybridized carbons (Fsp3) is 1.00. The first-order chi connectivity index (χ1) is 3.81. The molecule has 2 aliphatic rings. The second-order valence-electron chi connectivity index (χ2n) is 2.81. The third kappa shape index (κ3) is 0.692. The summed E-state index contributed by atoms with van der Waals surface area (Å²) in [6.45, 7) is 0. The van der Waals surface area contributed by atoms with E-state index in [1.165, 1.54) is 25.7 Å². The van der Waals surface area contributed by atoms with Gasteiger partial charge in [0.25, 0.3) is 0 Å². The van der Waals surface area contributed by atoms with Crippen molar-refractivity contribution in [2.24, 2.45) is 0 Å². The molecule has 1 heterocycles. The smallest absolute Gasteiger partial charge is 0.0863 e. The quantitative estimate of drug-likeness (QED) is 0.287. The Morgan fingerprint density at radius 1 is 1.50 bits per heavy atom. The molecule has 0 aromatic heterocycles. The molecular formula is C6H10IN. The SMILES string of the molecule is IC12CCCCC1N2. The van der Waals surface area contributed by atoms with Crippen LogP contribution in [0.1, 0.15) is 25.7 Å². The lowest BCUT2D eigenvalue weighted by atomic mass is 10.0. The summed E-state index contributed by atoms with van der Waals surface area (Å²) in [6, 6.07) is 0.886. The van der Waals surface area contributed by atoms with Gasteiger partial charge in [0, 0.05) is 6.04 Å². The average Bonchev–Trinajstić information content (AvgIpc) is 2.39. The van der Waals surface area contributed by atoms with Gasteiger partial charge in [-0.25, -0.2) is 0 Å². The molecule has 0 aromatic carbocycles. The Bertz CT molecular complexity index is 113. The second-order valence-corrected chi connectivity index (χ2v) is 4.73. The van der Waals surface area contributed by atoms with Crippen molar-refractivity contribution < 1.29 is 0 Å². The fourth-order valence-electron chi connectivity index (χ4n) is 1.53. The highest BCUT2D eigenvalue weighted by Gasteiger charge is 2.51. The lowest BCUT2D eigenvalue weighted by molar-refractivity contribution is 0.561. The van der Waals surface area contributed by atoms with Crippen LogP contribution in [-0.4, -0.2) is 9.59 Å². The predicted molar refractivity (Wildman–Crippen MR) is 42.1 cm³/mol. The van der Waals surface area contributed by atoms with Gasteiger partial charge in [-0.1, -0.05) is 35.4 Å². The third-order valence-corrected chi connectivity index (χ3v) is 3.77. The minimum absolute atomic E-state index is 0.565. The van der Waals surface area contributed by atoms with Crippen molar-refractivity contribution in [1.29, 1.82) is 0 Å². The second kappa shape index (κ2) is 1.59. The Kier molecular flexibility index (Phi) is 1.09. The molecule has 2 heteroatoms. The molecule has 0 bridgehead atoms. The monoisotopic (exact) mass is 223 g/mol. The molecule has 0 spiro atoms. The highest BCUT2D eigenvalue weighted by molar-refractivity contribution is 14.1. The molecule has 1 saturated carbocycles. The maximum atomic E-state index is 3.49. The standard InChI is InChI=1S/C6H10IN/c7-6-4-2-1-3-5(6)8-6/h5,8H,1-4H2. The molecule has 0 radical (unpaired) electrons. The van der Waals surface area contributed by atoms with Crippen molar-refractivity contribution >= 4 is 22.6 Å². The van der Waals surface area contributed by atoms with Gasteiger partial charge in [0.2, 0.25) is 0 Å². The van der Waals surface area contributed by atoms with Gasteiger partial charge in [0.1, 0.15) is 0 Å². The van der Waals surface area contributed by atoms with Gasteiger partial charge in [-0.15, -0.1) is 0 Å². The lowest BCUT2D eigenvalue weighted by Gasteiger charge is -2.11. The molecular weight excluding hydrogens is 213 g/mol. The number of hydrogen-bond acceptors (Lipinski definition) is 1. The predicted octanol–water partition coefficient (Wildman–Crippen LogP) is 1.66. The van der Waals surface area contributed by atoms with E-state index in [2.05, 4.69) is 27.9 Å². The number of hydrogen-bond donors (Lipinski definition) is 1. The Balaban J connectivity index is 2.04. The minimum Gasteiger partial charge on any atom is -0.296 e. The first-order valence-electron chi connectivity index (χ1n) is 3.28. The van der Waals surface area contributed by atoms with Crippen molar-refractivity contribution in [3.8, 4) is 0 Å². The molecule has 0 aromatic rings. The van der Waals surface area contributed by atoms with E-state index in [0.29, 0.717) is 3.55 Å². The number of rotatable bonds is 0. The van der Waals surface area contributed by atoms with E-state index in [0.717, 1.165) is 6.04 Å². The number of fused-ring (bicyclic) bond motifs is 1. The van der Waals surface area contributed by atoms with E-state index in [-0.39, 0.29) is 0 Å². The van der Waals surface area contributed by atoms with Gasteiger partial charge in [-0.3, -0.25) is 5.32 Å². The average molecular weight is 223 g/mol. The Morgan fingerprint density at radius 3 is 2.88 bits per heavy atom. The summed E-state index contributed by atoms with van der Waals surface area (Å²) >= 11 is 2.55. The zero-order valence-corrected chi connectivity index (χ0v) is 6.94. The largest absolute Gasteiger partial charge is 0.296 e. The van der Waals surface area contributed by atoms with Crippen molar-refractivity contribution in [2.75, 3.05) is 0 Å². The van der Waals surface area contributed by atoms with E-state index < -0.39 is 0 Å². The van der Waals surface area contributed by atoms with E-state index in [9.17, 15) is 0 Å². The number of alkyl halides is 1. The van der Waals surface area contributed by atoms with Gasteiger partial charge in [-0.05, 0) is 12.8 Å². The summed E-state index contributed by atoms with van der Waals surface area (Å²) in [6.07, 6.45) is 5.70. The van der Waals surface area contributed by atoms with Crippen LogP contribution in [0, 0.1) is 0 Å². The van der Waals surface area contributed by atoms with E-state index >= 15 is 0 Å². The van der Waals surface area contributed by atoms with Crippen molar-refractivity contribution in [2.45, 2.75) is 35.3 Å². The Hall–Kier alpha value is 0.690. The summed E-state index contributed by atoms with van der Waals surface area (Å²) in [5.41, 5.74) is 0. The van der Waals surface area contributed by atoms with Gasteiger partial charge < -0.3 is 0 Å². The first kappa shape index (κ1) is 5.47. The lowest BCUT2D eigenvalue weighted by Crippen LogP contribution is -2.10. The van der Waals surface area contributed by atoms with Crippen LogP contribution in [0.2, 0.25) is 0 Å². The van der Waals surface area contributed by atoms with E-state index in [1.807, 2.05) is 0 Å². The maximum Gasteiger partial charge on any atom is 0.0863 e. The zero-order valence-electron chi connectivity index (χ0n) is 4.78. The fourth-order valence-corrected chi connectivity index (χ4v) is 2.59. The van der Waals surface area contributed by atoms with Crippen molar-refractivity contribution in [3.63, 3.8) is 0 Å². The van der Waals surface area contributed by atoms with E-state index in [4.69, 9.17) is 0 Å². The molecule has 0 amide bonds. The molecule has 2 fully saturated rings. The van der Waals surface area contributed by atoms with Crippen LogP contribution in [0.5, 0.6) is 0 Å². The highest BCUT2D eigenvalue weighted by Crippen LogP contribution is 2.45. The summed E-state index contributed by atoms with van der Waals surface area (Å²) in [5.74, 6) is 0. The van der Waals surface area contributed by atoms with Crippen LogP contribution in [0.15, 0.2) is 0 Å². The molecule has 1 N–H and O–H groups in total. The number of nitrogens with one attached hydrogen (secondary N) is 1. The maximum absolute atomic E-state index is 3.49. The van der Waals surface area contributed by atoms with Crippen LogP contribution in [0.4, 0.5) is 0 Å². The van der Waals surface area contributed by atoms with Crippen molar-refractivity contribution in [1.82, 2.24) is 5.32 Å². The summed E-state index contributed by atoms with van der Waals surface area (Å²) in [4.78, 5) is 0. The van der Waals surface area contributed by atoms with E-state index in [1.54, 1.807) is 0 Å². The first-order valence-corrected chi connectivity index (χ1v) is 4.36. The molecule has 1 aliphatic carbocycles. The number of halogens is 1. The highest BCUT2D eigenvalue weighted by atomic mass is 127. The molecule has 1 nitrogen and oxygen atoms in total. The molecule has 8 heavy (non-hydrogen) atoms. The zero-order chi connectivity index (χ0) is 5.61.